The minimum Gasteiger partial charge on any atom is -0.244 e. The molecule has 0 spiro atoms. The number of halogens is 2. The van der Waals surface area contributed by atoms with E-state index in [0.717, 1.165) is 5.56 Å². The molecular formula is C11H8ClFN2. The van der Waals surface area contributed by atoms with Crippen molar-refractivity contribution < 1.29 is 4.39 Å². The van der Waals surface area contributed by atoms with E-state index in [4.69, 9.17) is 11.6 Å². The molecule has 0 saturated carbocycles. The van der Waals surface area contributed by atoms with Crippen molar-refractivity contribution >= 4 is 11.6 Å². The van der Waals surface area contributed by atoms with E-state index in [0.29, 0.717) is 17.1 Å². The predicted octanol–water partition coefficient (Wildman–Crippen LogP) is 2.86. The number of benzene rings is 1. The summed E-state index contributed by atoms with van der Waals surface area (Å²) in [5, 5.41) is 0.369. The fraction of sp³-hybridized carbons (Fsp3) is 0.0909. The van der Waals surface area contributed by atoms with Gasteiger partial charge in [0.05, 0.1) is 0 Å². The zero-order valence-corrected chi connectivity index (χ0v) is 8.58. The van der Waals surface area contributed by atoms with Crippen LogP contribution >= 0.6 is 11.6 Å². The third-order valence-corrected chi connectivity index (χ3v) is 2.41. The SMILES string of the molecule is Fc1ccccc1Cc1cncnc1Cl. The summed E-state index contributed by atoms with van der Waals surface area (Å²) in [4.78, 5) is 7.69. The Morgan fingerprint density at radius 1 is 1.20 bits per heavy atom. The lowest BCUT2D eigenvalue weighted by Gasteiger charge is -2.03. The summed E-state index contributed by atoms with van der Waals surface area (Å²) in [6, 6.07) is 6.59. The Morgan fingerprint density at radius 3 is 2.73 bits per heavy atom. The van der Waals surface area contributed by atoms with E-state index in [2.05, 4.69) is 9.97 Å². The van der Waals surface area contributed by atoms with Crippen molar-refractivity contribution in [1.82, 2.24) is 9.97 Å². The molecule has 0 radical (unpaired) electrons. The summed E-state index contributed by atoms with van der Waals surface area (Å²) >= 11 is 5.85. The number of hydrogen-bond acceptors (Lipinski definition) is 2. The molecule has 0 N–H and O–H groups in total. The monoisotopic (exact) mass is 222 g/mol. The highest BCUT2D eigenvalue weighted by atomic mass is 35.5. The molecule has 1 aromatic heterocycles. The Labute approximate surface area is 91.8 Å². The quantitative estimate of drug-likeness (QED) is 0.731. The van der Waals surface area contributed by atoms with Gasteiger partial charge in [-0.2, -0.15) is 0 Å². The van der Waals surface area contributed by atoms with Gasteiger partial charge in [-0.05, 0) is 11.6 Å². The van der Waals surface area contributed by atoms with Crippen LogP contribution < -0.4 is 0 Å². The van der Waals surface area contributed by atoms with Crippen LogP contribution in [0.3, 0.4) is 0 Å². The molecule has 0 aliphatic heterocycles. The lowest BCUT2D eigenvalue weighted by atomic mass is 10.1. The third kappa shape index (κ3) is 2.30. The van der Waals surface area contributed by atoms with Gasteiger partial charge in [-0.1, -0.05) is 29.8 Å². The summed E-state index contributed by atoms with van der Waals surface area (Å²) in [6.45, 7) is 0. The molecule has 15 heavy (non-hydrogen) atoms. The van der Waals surface area contributed by atoms with E-state index in [-0.39, 0.29) is 5.82 Å². The second-order valence-electron chi connectivity index (χ2n) is 3.11. The van der Waals surface area contributed by atoms with Crippen molar-refractivity contribution in [3.05, 3.63) is 58.9 Å². The first kappa shape index (κ1) is 10.1. The molecule has 1 aromatic carbocycles. The van der Waals surface area contributed by atoms with Crippen LogP contribution in [0.1, 0.15) is 11.1 Å². The van der Waals surface area contributed by atoms with Crippen molar-refractivity contribution in [2.45, 2.75) is 6.42 Å². The fourth-order valence-electron chi connectivity index (χ4n) is 1.31. The molecule has 0 saturated heterocycles. The van der Waals surface area contributed by atoms with Crippen LogP contribution in [-0.2, 0) is 6.42 Å². The van der Waals surface area contributed by atoms with Gasteiger partial charge in [-0.3, -0.25) is 0 Å². The maximum Gasteiger partial charge on any atom is 0.135 e. The number of rotatable bonds is 2. The number of nitrogens with zero attached hydrogens (tertiary/aromatic N) is 2. The van der Waals surface area contributed by atoms with Crippen LogP contribution in [0.5, 0.6) is 0 Å². The van der Waals surface area contributed by atoms with Crippen LogP contribution in [0.2, 0.25) is 5.15 Å². The Morgan fingerprint density at radius 2 is 2.00 bits per heavy atom. The maximum atomic E-state index is 13.3. The van der Waals surface area contributed by atoms with Gasteiger partial charge in [0, 0.05) is 18.2 Å². The Kier molecular flexibility index (Phi) is 2.92. The minimum atomic E-state index is -0.239. The van der Waals surface area contributed by atoms with Gasteiger partial charge in [0.25, 0.3) is 0 Å². The number of hydrogen-bond donors (Lipinski definition) is 0. The molecule has 0 bridgehead atoms. The molecule has 2 aromatic rings. The maximum absolute atomic E-state index is 13.3. The lowest BCUT2D eigenvalue weighted by molar-refractivity contribution is 0.614. The van der Waals surface area contributed by atoms with Crippen molar-refractivity contribution in [3.63, 3.8) is 0 Å². The molecule has 0 aliphatic carbocycles. The highest BCUT2D eigenvalue weighted by Crippen LogP contribution is 2.17. The molecule has 0 atom stereocenters. The van der Waals surface area contributed by atoms with Gasteiger partial charge in [0.15, 0.2) is 0 Å². The van der Waals surface area contributed by atoms with Gasteiger partial charge in [0.1, 0.15) is 17.3 Å². The zero-order valence-electron chi connectivity index (χ0n) is 7.82. The highest BCUT2D eigenvalue weighted by Gasteiger charge is 2.05. The molecule has 2 nitrogen and oxygen atoms in total. The Balaban J connectivity index is 2.30. The second kappa shape index (κ2) is 4.36. The van der Waals surface area contributed by atoms with Gasteiger partial charge in [-0.25, -0.2) is 14.4 Å². The second-order valence-corrected chi connectivity index (χ2v) is 3.46. The predicted molar refractivity (Wildman–Crippen MR) is 56.2 cm³/mol. The van der Waals surface area contributed by atoms with Gasteiger partial charge in [0.2, 0.25) is 0 Å². The molecule has 4 heteroatoms. The third-order valence-electron chi connectivity index (χ3n) is 2.07. The van der Waals surface area contributed by atoms with Crippen LogP contribution in [0, 0.1) is 5.82 Å². The van der Waals surface area contributed by atoms with E-state index in [1.165, 1.54) is 12.4 Å². The average Bonchev–Trinajstić information content (AvgIpc) is 2.24. The summed E-state index contributed by atoms with van der Waals surface area (Å²) in [7, 11) is 0. The molecule has 76 valence electrons. The van der Waals surface area contributed by atoms with Crippen molar-refractivity contribution in [2.24, 2.45) is 0 Å². The van der Waals surface area contributed by atoms with Gasteiger partial charge < -0.3 is 0 Å². The average molecular weight is 223 g/mol. The first-order valence-corrected chi connectivity index (χ1v) is 4.83. The summed E-state index contributed by atoms with van der Waals surface area (Å²) in [6.07, 6.45) is 3.38. The smallest absolute Gasteiger partial charge is 0.135 e. The number of aromatic nitrogens is 2. The first-order chi connectivity index (χ1) is 7.27. The van der Waals surface area contributed by atoms with Gasteiger partial charge in [-0.15, -0.1) is 0 Å². The van der Waals surface area contributed by atoms with Crippen LogP contribution in [0.4, 0.5) is 4.39 Å². The molecule has 1 heterocycles. The molecule has 0 aliphatic rings. The highest BCUT2D eigenvalue weighted by molar-refractivity contribution is 6.30. The van der Waals surface area contributed by atoms with Gasteiger partial charge >= 0.3 is 0 Å². The van der Waals surface area contributed by atoms with E-state index < -0.39 is 0 Å². The first-order valence-electron chi connectivity index (χ1n) is 4.45. The van der Waals surface area contributed by atoms with E-state index in [1.807, 2.05) is 0 Å². The van der Waals surface area contributed by atoms with Crippen molar-refractivity contribution in [1.29, 1.82) is 0 Å². The minimum absolute atomic E-state index is 0.239. The topological polar surface area (TPSA) is 25.8 Å². The fourth-order valence-corrected chi connectivity index (χ4v) is 1.47. The normalized spacial score (nSPS) is 10.3. The van der Waals surface area contributed by atoms with E-state index in [1.54, 1.807) is 24.4 Å². The van der Waals surface area contributed by atoms with Crippen LogP contribution in [0.25, 0.3) is 0 Å². The van der Waals surface area contributed by atoms with E-state index in [9.17, 15) is 4.39 Å². The van der Waals surface area contributed by atoms with E-state index >= 15 is 0 Å². The molecule has 0 unspecified atom stereocenters. The largest absolute Gasteiger partial charge is 0.244 e. The summed E-state index contributed by atoms with van der Waals surface area (Å²) in [5.74, 6) is -0.239. The van der Waals surface area contributed by atoms with Crippen molar-refractivity contribution in [2.75, 3.05) is 0 Å². The molecule has 2 rings (SSSR count). The Bertz CT molecular complexity index is 430. The lowest BCUT2D eigenvalue weighted by Crippen LogP contribution is -1.95. The summed E-state index contributed by atoms with van der Waals surface area (Å²) in [5.41, 5.74) is 1.32. The molecule has 0 amide bonds. The molecule has 0 fully saturated rings. The van der Waals surface area contributed by atoms with Crippen molar-refractivity contribution in [3.8, 4) is 0 Å². The standard InChI is InChI=1S/C11H8ClFN2/c12-11-9(6-14-7-15-11)5-8-3-1-2-4-10(8)13/h1-4,6-7H,5H2. The summed E-state index contributed by atoms with van der Waals surface area (Å²) < 4.78 is 13.3. The molecular weight excluding hydrogens is 215 g/mol. The van der Waals surface area contributed by atoms with Crippen LogP contribution in [0.15, 0.2) is 36.8 Å². The zero-order chi connectivity index (χ0) is 10.7. The van der Waals surface area contributed by atoms with Crippen LogP contribution in [-0.4, -0.2) is 9.97 Å². The Hall–Kier alpha value is -1.48.